The van der Waals surface area contributed by atoms with Crippen LogP contribution in [0.4, 0.5) is 0 Å². The van der Waals surface area contributed by atoms with Crippen LogP contribution in [0.25, 0.3) is 0 Å². The van der Waals surface area contributed by atoms with Crippen LogP contribution in [0.5, 0.6) is 0 Å². The van der Waals surface area contributed by atoms with E-state index in [1.54, 1.807) is 0 Å². The van der Waals surface area contributed by atoms with E-state index in [-0.39, 0.29) is 0 Å². The molecule has 1 rings (SSSR count). The van der Waals surface area contributed by atoms with Gasteiger partial charge in [0.1, 0.15) is 0 Å². The Bertz CT molecular complexity index is 131. The number of nitrogens with zero attached hydrogens (tertiary/aromatic N) is 1. The van der Waals surface area contributed by atoms with Crippen LogP contribution in [-0.4, -0.2) is 49.1 Å². The molecular formula is C10H22N2S. The summed E-state index contributed by atoms with van der Waals surface area (Å²) in [5.74, 6) is 1.28. The Labute approximate surface area is 86.5 Å². The minimum Gasteiger partial charge on any atom is -0.313 e. The van der Waals surface area contributed by atoms with Crippen LogP contribution in [0.3, 0.4) is 0 Å². The third-order valence-corrected chi connectivity index (χ3v) is 3.54. The summed E-state index contributed by atoms with van der Waals surface area (Å²) in [7, 11) is 2.22. The van der Waals surface area contributed by atoms with Gasteiger partial charge in [0.05, 0.1) is 0 Å². The molecule has 3 heteroatoms. The predicted octanol–water partition coefficient (Wildman–Crippen LogP) is 1.42. The van der Waals surface area contributed by atoms with Crippen LogP contribution >= 0.6 is 11.8 Å². The highest BCUT2D eigenvalue weighted by atomic mass is 32.2. The fourth-order valence-electron chi connectivity index (χ4n) is 1.86. The van der Waals surface area contributed by atoms with E-state index in [0.29, 0.717) is 0 Å². The molecule has 1 fully saturated rings. The molecule has 0 aliphatic carbocycles. The second kappa shape index (κ2) is 5.89. The van der Waals surface area contributed by atoms with Gasteiger partial charge in [-0.1, -0.05) is 0 Å². The van der Waals surface area contributed by atoms with E-state index in [9.17, 15) is 0 Å². The van der Waals surface area contributed by atoms with Gasteiger partial charge in [0, 0.05) is 18.6 Å². The van der Waals surface area contributed by atoms with Gasteiger partial charge in [-0.3, -0.25) is 0 Å². The van der Waals surface area contributed by atoms with Crippen molar-refractivity contribution in [1.82, 2.24) is 10.2 Å². The average molecular weight is 202 g/mol. The molecule has 1 aliphatic rings. The molecule has 1 aliphatic heterocycles. The molecule has 2 nitrogen and oxygen atoms in total. The Morgan fingerprint density at radius 2 is 2.31 bits per heavy atom. The van der Waals surface area contributed by atoms with Crippen molar-refractivity contribution in [2.24, 2.45) is 0 Å². The molecule has 0 aromatic heterocycles. The number of rotatable bonds is 5. The zero-order valence-corrected chi connectivity index (χ0v) is 9.86. The third kappa shape index (κ3) is 3.88. The van der Waals surface area contributed by atoms with Crippen molar-refractivity contribution in [2.75, 3.05) is 32.1 Å². The third-order valence-electron chi connectivity index (χ3n) is 2.84. The van der Waals surface area contributed by atoms with Gasteiger partial charge >= 0.3 is 0 Å². The van der Waals surface area contributed by atoms with Gasteiger partial charge < -0.3 is 10.2 Å². The van der Waals surface area contributed by atoms with E-state index in [1.807, 2.05) is 11.8 Å². The standard InChI is InChI=1S/C10H22N2S/c1-9-7-10(8-12(9)2)11-5-4-6-13-3/h9-11H,4-8H2,1-3H3. The van der Waals surface area contributed by atoms with E-state index in [1.165, 1.54) is 31.7 Å². The maximum atomic E-state index is 3.62. The number of likely N-dealkylation sites (tertiary alicyclic amines) is 1. The molecule has 0 saturated carbocycles. The van der Waals surface area contributed by atoms with Gasteiger partial charge in [0.2, 0.25) is 0 Å². The molecule has 1 N–H and O–H groups in total. The normalized spacial score (nSPS) is 29.8. The SMILES string of the molecule is CSCCCNC1CC(C)N(C)C1. The van der Waals surface area contributed by atoms with E-state index >= 15 is 0 Å². The molecule has 0 bridgehead atoms. The monoisotopic (exact) mass is 202 g/mol. The zero-order valence-electron chi connectivity index (χ0n) is 9.05. The van der Waals surface area contributed by atoms with Crippen molar-refractivity contribution in [2.45, 2.75) is 31.8 Å². The zero-order chi connectivity index (χ0) is 9.68. The number of nitrogens with one attached hydrogen (secondary N) is 1. The Kier molecular flexibility index (Phi) is 5.14. The molecule has 2 atom stereocenters. The lowest BCUT2D eigenvalue weighted by Crippen LogP contribution is -2.32. The van der Waals surface area contributed by atoms with Gasteiger partial charge in [0.15, 0.2) is 0 Å². The topological polar surface area (TPSA) is 15.3 Å². The predicted molar refractivity (Wildman–Crippen MR) is 61.5 cm³/mol. The van der Waals surface area contributed by atoms with Crippen LogP contribution in [-0.2, 0) is 0 Å². The van der Waals surface area contributed by atoms with E-state index in [0.717, 1.165) is 12.1 Å². The summed E-state index contributed by atoms with van der Waals surface area (Å²) >= 11 is 1.93. The summed E-state index contributed by atoms with van der Waals surface area (Å²) in [5, 5.41) is 3.62. The van der Waals surface area contributed by atoms with Crippen molar-refractivity contribution in [1.29, 1.82) is 0 Å². The smallest absolute Gasteiger partial charge is 0.0209 e. The van der Waals surface area contributed by atoms with Crippen LogP contribution in [0.2, 0.25) is 0 Å². The maximum Gasteiger partial charge on any atom is 0.0209 e. The van der Waals surface area contributed by atoms with Crippen molar-refractivity contribution in [3.63, 3.8) is 0 Å². The van der Waals surface area contributed by atoms with Gasteiger partial charge in [-0.15, -0.1) is 0 Å². The van der Waals surface area contributed by atoms with E-state index in [2.05, 4.69) is 30.4 Å². The number of thioether (sulfide) groups is 1. The molecule has 1 heterocycles. The van der Waals surface area contributed by atoms with Crippen LogP contribution in [0.15, 0.2) is 0 Å². The average Bonchev–Trinajstić information content (AvgIpc) is 2.41. The Balaban J connectivity index is 2.03. The second-order valence-electron chi connectivity index (χ2n) is 4.02. The van der Waals surface area contributed by atoms with E-state index < -0.39 is 0 Å². The molecular weight excluding hydrogens is 180 g/mol. The molecule has 0 aromatic carbocycles. The first-order valence-corrected chi connectivity index (χ1v) is 6.56. The molecule has 0 spiro atoms. The highest BCUT2D eigenvalue weighted by molar-refractivity contribution is 7.98. The lowest BCUT2D eigenvalue weighted by atomic mass is 10.2. The summed E-state index contributed by atoms with van der Waals surface area (Å²) in [6.45, 7) is 4.72. The lowest BCUT2D eigenvalue weighted by molar-refractivity contribution is 0.327. The first-order chi connectivity index (χ1) is 6.24. The molecule has 0 aromatic rings. The summed E-state index contributed by atoms with van der Waals surface area (Å²) in [4.78, 5) is 2.44. The summed E-state index contributed by atoms with van der Waals surface area (Å²) in [6.07, 6.45) is 4.79. The van der Waals surface area contributed by atoms with Gasteiger partial charge in [0.25, 0.3) is 0 Å². The highest BCUT2D eigenvalue weighted by Gasteiger charge is 2.24. The van der Waals surface area contributed by atoms with Crippen LogP contribution in [0, 0.1) is 0 Å². The molecule has 1 saturated heterocycles. The quantitative estimate of drug-likeness (QED) is 0.679. The minimum absolute atomic E-state index is 0.738. The van der Waals surface area contributed by atoms with Crippen LogP contribution in [0.1, 0.15) is 19.8 Å². The fraction of sp³-hybridized carbons (Fsp3) is 1.00. The highest BCUT2D eigenvalue weighted by Crippen LogP contribution is 2.14. The molecule has 2 unspecified atom stereocenters. The van der Waals surface area contributed by atoms with Crippen LogP contribution < -0.4 is 5.32 Å². The van der Waals surface area contributed by atoms with Crippen molar-refractivity contribution < 1.29 is 0 Å². The minimum atomic E-state index is 0.738. The second-order valence-corrected chi connectivity index (χ2v) is 5.01. The van der Waals surface area contributed by atoms with Crippen molar-refractivity contribution in [3.8, 4) is 0 Å². The van der Waals surface area contributed by atoms with Gasteiger partial charge in [-0.05, 0) is 45.4 Å². The van der Waals surface area contributed by atoms with Crippen molar-refractivity contribution >= 4 is 11.8 Å². The molecule has 78 valence electrons. The molecule has 0 amide bonds. The summed E-state index contributed by atoms with van der Waals surface area (Å²) < 4.78 is 0. The molecule has 0 radical (unpaired) electrons. The van der Waals surface area contributed by atoms with Crippen molar-refractivity contribution in [3.05, 3.63) is 0 Å². The van der Waals surface area contributed by atoms with Gasteiger partial charge in [-0.2, -0.15) is 11.8 Å². The first kappa shape index (κ1) is 11.3. The first-order valence-electron chi connectivity index (χ1n) is 5.16. The van der Waals surface area contributed by atoms with E-state index in [4.69, 9.17) is 0 Å². The van der Waals surface area contributed by atoms with Gasteiger partial charge in [-0.25, -0.2) is 0 Å². The Morgan fingerprint density at radius 3 is 2.85 bits per heavy atom. The Morgan fingerprint density at radius 1 is 1.54 bits per heavy atom. The largest absolute Gasteiger partial charge is 0.313 e. The number of hydrogen-bond acceptors (Lipinski definition) is 3. The summed E-state index contributed by atoms with van der Waals surface area (Å²) in [6, 6.07) is 1.50. The number of likely N-dealkylation sites (N-methyl/N-ethyl adjacent to an activating group) is 1. The Hall–Kier alpha value is 0.270. The molecule has 13 heavy (non-hydrogen) atoms. The fourth-order valence-corrected chi connectivity index (χ4v) is 2.30. The number of hydrogen-bond donors (Lipinski definition) is 1. The summed E-state index contributed by atoms with van der Waals surface area (Å²) in [5.41, 5.74) is 0. The lowest BCUT2D eigenvalue weighted by Gasteiger charge is -2.13. The maximum absolute atomic E-state index is 3.62.